The Hall–Kier alpha value is -1.79. The quantitative estimate of drug-likeness (QED) is 0.536. The van der Waals surface area contributed by atoms with Crippen LogP contribution in [0.4, 0.5) is 5.69 Å². The van der Waals surface area contributed by atoms with Crippen molar-refractivity contribution in [1.82, 2.24) is 0 Å². The van der Waals surface area contributed by atoms with E-state index in [2.05, 4.69) is 0 Å². The van der Waals surface area contributed by atoms with Gasteiger partial charge in [-0.15, -0.1) is 0 Å². The van der Waals surface area contributed by atoms with E-state index in [0.717, 1.165) is 5.69 Å². The van der Waals surface area contributed by atoms with Gasteiger partial charge in [0, 0.05) is 46.1 Å². The molecule has 20 heavy (non-hydrogen) atoms. The Balaban J connectivity index is 3.28. The summed E-state index contributed by atoms with van der Waals surface area (Å²) in [7, 11) is 6.82. The molecule has 6 heteroatoms. The van der Waals surface area contributed by atoms with Gasteiger partial charge >= 0.3 is 0 Å². The van der Waals surface area contributed by atoms with Crippen LogP contribution in [0.25, 0.3) is 0 Å². The number of ether oxygens (including phenoxy) is 4. The minimum atomic E-state index is -0.146. The van der Waals surface area contributed by atoms with Gasteiger partial charge in [-0.2, -0.15) is 0 Å². The summed E-state index contributed by atoms with van der Waals surface area (Å²) in [6.07, 6.45) is 0. The fourth-order valence-electron chi connectivity index (χ4n) is 1.65. The zero-order valence-electron chi connectivity index (χ0n) is 12.6. The molecule has 0 atom stereocenters. The highest BCUT2D eigenvalue weighted by atomic mass is 16.7. The third-order valence-corrected chi connectivity index (χ3v) is 2.58. The Bertz CT molecular complexity index is 430. The van der Waals surface area contributed by atoms with E-state index in [-0.39, 0.29) is 19.4 Å². The molecule has 1 aromatic rings. The lowest BCUT2D eigenvalue weighted by atomic mass is 10.1. The van der Waals surface area contributed by atoms with Crippen molar-refractivity contribution in [3.05, 3.63) is 17.7 Å². The number of Topliss-reactive ketones (excluding diaryl/α,β-unsaturated/α-hetero) is 1. The molecule has 0 aliphatic rings. The van der Waals surface area contributed by atoms with Crippen molar-refractivity contribution in [2.45, 2.75) is 6.92 Å². The predicted octanol–water partition coefficient (Wildman–Crippen LogP) is 1.92. The van der Waals surface area contributed by atoms with Crippen LogP contribution in [0.3, 0.4) is 0 Å². The SMILES string of the molecule is COCOc1cc(N(C)C)cc(OCOC)c1C(C)=O. The normalized spacial score (nSPS) is 10.2. The molecule has 0 N–H and O–H groups in total. The highest BCUT2D eigenvalue weighted by molar-refractivity contribution is 6.00. The van der Waals surface area contributed by atoms with Gasteiger partial charge in [-0.3, -0.25) is 4.79 Å². The zero-order chi connectivity index (χ0) is 15.1. The van der Waals surface area contributed by atoms with Crippen LogP contribution in [-0.2, 0) is 9.47 Å². The topological polar surface area (TPSA) is 57.2 Å². The molecular formula is C14H21NO5. The van der Waals surface area contributed by atoms with Crippen molar-refractivity contribution in [3.8, 4) is 11.5 Å². The molecule has 0 bridgehead atoms. The zero-order valence-corrected chi connectivity index (χ0v) is 12.6. The molecule has 0 aromatic heterocycles. The summed E-state index contributed by atoms with van der Waals surface area (Å²) < 4.78 is 20.7. The van der Waals surface area contributed by atoms with Crippen LogP contribution in [0, 0.1) is 0 Å². The Kier molecular flexibility index (Phi) is 6.27. The summed E-state index contributed by atoms with van der Waals surface area (Å²) in [5, 5.41) is 0. The lowest BCUT2D eigenvalue weighted by Crippen LogP contribution is -2.13. The van der Waals surface area contributed by atoms with Gasteiger partial charge in [-0.1, -0.05) is 0 Å². The Morgan fingerprint density at radius 2 is 1.50 bits per heavy atom. The first-order valence-corrected chi connectivity index (χ1v) is 6.11. The predicted molar refractivity (Wildman–Crippen MR) is 75.8 cm³/mol. The lowest BCUT2D eigenvalue weighted by molar-refractivity contribution is 0.0446. The maximum absolute atomic E-state index is 11.8. The van der Waals surface area contributed by atoms with Gasteiger partial charge in [-0.25, -0.2) is 0 Å². The van der Waals surface area contributed by atoms with Crippen LogP contribution < -0.4 is 14.4 Å². The second kappa shape index (κ2) is 7.72. The number of benzene rings is 1. The number of anilines is 1. The number of ketones is 1. The van der Waals surface area contributed by atoms with E-state index >= 15 is 0 Å². The van der Waals surface area contributed by atoms with E-state index in [9.17, 15) is 4.79 Å². The molecular weight excluding hydrogens is 262 g/mol. The average Bonchev–Trinajstić information content (AvgIpc) is 2.41. The smallest absolute Gasteiger partial charge is 0.188 e. The largest absolute Gasteiger partial charge is 0.467 e. The highest BCUT2D eigenvalue weighted by Gasteiger charge is 2.18. The van der Waals surface area contributed by atoms with Crippen molar-refractivity contribution in [2.24, 2.45) is 0 Å². The third-order valence-electron chi connectivity index (χ3n) is 2.58. The lowest BCUT2D eigenvalue weighted by Gasteiger charge is -2.19. The van der Waals surface area contributed by atoms with Crippen molar-refractivity contribution in [3.63, 3.8) is 0 Å². The first-order valence-electron chi connectivity index (χ1n) is 6.11. The van der Waals surface area contributed by atoms with Crippen molar-refractivity contribution < 1.29 is 23.7 Å². The van der Waals surface area contributed by atoms with Gasteiger partial charge in [0.05, 0.1) is 0 Å². The number of hydrogen-bond acceptors (Lipinski definition) is 6. The minimum absolute atomic E-state index is 0.0564. The Labute approximate surface area is 119 Å². The number of hydrogen-bond donors (Lipinski definition) is 0. The van der Waals surface area contributed by atoms with Gasteiger partial charge in [0.2, 0.25) is 0 Å². The van der Waals surface area contributed by atoms with Gasteiger partial charge < -0.3 is 23.8 Å². The van der Waals surface area contributed by atoms with Crippen LogP contribution in [-0.4, -0.2) is 47.7 Å². The molecule has 0 radical (unpaired) electrons. The number of carbonyl (C=O) groups excluding carboxylic acids is 1. The molecule has 0 aliphatic heterocycles. The first kappa shape index (κ1) is 16.3. The summed E-state index contributed by atoms with van der Waals surface area (Å²) in [5.41, 5.74) is 1.23. The monoisotopic (exact) mass is 283 g/mol. The van der Waals surface area contributed by atoms with E-state index < -0.39 is 0 Å². The molecule has 0 saturated carbocycles. The maximum Gasteiger partial charge on any atom is 0.188 e. The van der Waals surface area contributed by atoms with E-state index in [1.807, 2.05) is 19.0 Å². The molecule has 6 nitrogen and oxygen atoms in total. The number of carbonyl (C=O) groups is 1. The molecule has 0 unspecified atom stereocenters. The fraction of sp³-hybridized carbons (Fsp3) is 0.500. The standard InChI is InChI=1S/C14H21NO5/c1-10(16)14-12(19-8-17-4)6-11(15(2)3)7-13(14)20-9-18-5/h6-7H,8-9H2,1-5H3. The molecule has 0 fully saturated rings. The Morgan fingerprint density at radius 1 is 1.05 bits per heavy atom. The second-order valence-electron chi connectivity index (χ2n) is 4.37. The highest BCUT2D eigenvalue weighted by Crippen LogP contribution is 2.34. The summed E-state index contributed by atoms with van der Waals surface area (Å²) in [5.74, 6) is 0.709. The van der Waals surface area contributed by atoms with Crippen LogP contribution in [0.15, 0.2) is 12.1 Å². The summed E-state index contributed by atoms with van der Waals surface area (Å²) in [6.45, 7) is 1.58. The van der Waals surface area contributed by atoms with Crippen LogP contribution in [0.5, 0.6) is 11.5 Å². The molecule has 1 rings (SSSR count). The number of rotatable bonds is 8. The maximum atomic E-state index is 11.8. The number of methoxy groups -OCH3 is 2. The van der Waals surface area contributed by atoms with E-state index in [1.54, 1.807) is 12.1 Å². The summed E-state index contributed by atoms with van der Waals surface area (Å²) >= 11 is 0. The van der Waals surface area contributed by atoms with Crippen molar-refractivity contribution >= 4 is 11.5 Å². The minimum Gasteiger partial charge on any atom is -0.467 e. The molecule has 0 amide bonds. The van der Waals surface area contributed by atoms with Gasteiger partial charge in [0.25, 0.3) is 0 Å². The van der Waals surface area contributed by atoms with Crippen LogP contribution >= 0.6 is 0 Å². The van der Waals surface area contributed by atoms with Gasteiger partial charge in [0.1, 0.15) is 17.1 Å². The first-order chi connectivity index (χ1) is 9.51. The number of nitrogens with zero attached hydrogens (tertiary/aromatic N) is 1. The average molecular weight is 283 g/mol. The van der Waals surface area contributed by atoms with Crippen molar-refractivity contribution in [2.75, 3.05) is 46.8 Å². The second-order valence-corrected chi connectivity index (χ2v) is 4.37. The Morgan fingerprint density at radius 3 is 1.80 bits per heavy atom. The fourth-order valence-corrected chi connectivity index (χ4v) is 1.65. The van der Waals surface area contributed by atoms with E-state index in [4.69, 9.17) is 18.9 Å². The van der Waals surface area contributed by atoms with Crippen molar-refractivity contribution in [1.29, 1.82) is 0 Å². The van der Waals surface area contributed by atoms with E-state index in [1.165, 1.54) is 21.1 Å². The molecule has 0 aliphatic carbocycles. The molecule has 1 aromatic carbocycles. The molecule has 0 heterocycles. The van der Waals surface area contributed by atoms with Gasteiger partial charge in [0.15, 0.2) is 19.4 Å². The van der Waals surface area contributed by atoms with Gasteiger partial charge in [-0.05, 0) is 6.92 Å². The summed E-state index contributed by atoms with van der Waals surface area (Å²) in [4.78, 5) is 13.7. The summed E-state index contributed by atoms with van der Waals surface area (Å²) in [6, 6.07) is 3.55. The molecule has 0 spiro atoms. The van der Waals surface area contributed by atoms with E-state index in [0.29, 0.717) is 17.1 Å². The molecule has 0 saturated heterocycles. The van der Waals surface area contributed by atoms with Crippen LogP contribution in [0.1, 0.15) is 17.3 Å². The van der Waals surface area contributed by atoms with Crippen LogP contribution in [0.2, 0.25) is 0 Å². The third kappa shape index (κ3) is 4.11. The molecule has 112 valence electrons.